The molecule has 1 aliphatic rings. The zero-order valence-corrected chi connectivity index (χ0v) is 15.7. The predicted octanol–water partition coefficient (Wildman–Crippen LogP) is 3.65. The van der Waals surface area contributed by atoms with Crippen molar-refractivity contribution in [2.75, 3.05) is 6.54 Å². The number of halogens is 1. The van der Waals surface area contributed by atoms with Gasteiger partial charge in [0.25, 0.3) is 0 Å². The molecule has 1 aromatic carbocycles. The number of carbonyl (C=O) groups is 2. The van der Waals surface area contributed by atoms with Gasteiger partial charge in [0, 0.05) is 13.0 Å². The minimum absolute atomic E-state index is 0.115. The van der Waals surface area contributed by atoms with E-state index in [9.17, 15) is 14.0 Å². The summed E-state index contributed by atoms with van der Waals surface area (Å²) in [5.74, 6) is 0. The van der Waals surface area contributed by atoms with Crippen molar-refractivity contribution in [1.82, 2.24) is 10.2 Å². The Morgan fingerprint density at radius 3 is 2.54 bits per heavy atom. The minimum Gasteiger partial charge on any atom is -0.445 e. The first kappa shape index (κ1) is 20.0. The summed E-state index contributed by atoms with van der Waals surface area (Å²) in [5, 5.41) is 2.63. The highest BCUT2D eigenvalue weighted by Gasteiger charge is 2.38. The van der Waals surface area contributed by atoms with Crippen LogP contribution in [0.4, 0.5) is 14.0 Å². The van der Waals surface area contributed by atoms with E-state index >= 15 is 0 Å². The topological polar surface area (TPSA) is 67.9 Å². The van der Waals surface area contributed by atoms with Crippen LogP contribution in [0.1, 0.15) is 39.7 Å². The number of alkyl carbamates (subject to hydrolysis) is 1. The molecule has 0 saturated carbocycles. The Labute approximate surface area is 153 Å². The molecule has 0 unspecified atom stereocenters. The van der Waals surface area contributed by atoms with Gasteiger partial charge in [-0.3, -0.25) is 0 Å². The van der Waals surface area contributed by atoms with Crippen LogP contribution >= 0.6 is 0 Å². The lowest BCUT2D eigenvalue weighted by Crippen LogP contribution is -2.57. The van der Waals surface area contributed by atoms with Gasteiger partial charge in [-0.2, -0.15) is 0 Å². The average Bonchev–Trinajstić information content (AvgIpc) is 2.55. The first-order valence-electron chi connectivity index (χ1n) is 8.76. The minimum atomic E-state index is -1.26. The van der Waals surface area contributed by atoms with Crippen LogP contribution in [0, 0.1) is 0 Å². The molecule has 1 fully saturated rings. The maximum absolute atomic E-state index is 14.3. The SMILES string of the molecule is C[C@H]1[C@H](F)C[C@@H](NC(=O)OC(C)(C)C)CN1C(=O)OCc1ccccc1. The Kier molecular flexibility index (Phi) is 6.45. The van der Waals surface area contributed by atoms with Gasteiger partial charge in [-0.1, -0.05) is 30.3 Å². The quantitative estimate of drug-likeness (QED) is 0.887. The number of likely N-dealkylation sites (tertiary alicyclic amines) is 1. The summed E-state index contributed by atoms with van der Waals surface area (Å²) < 4.78 is 24.8. The number of hydrogen-bond acceptors (Lipinski definition) is 4. The largest absolute Gasteiger partial charge is 0.445 e. The zero-order valence-electron chi connectivity index (χ0n) is 15.7. The molecule has 6 nitrogen and oxygen atoms in total. The third-order valence-corrected chi connectivity index (χ3v) is 4.10. The molecule has 0 aliphatic carbocycles. The molecule has 26 heavy (non-hydrogen) atoms. The van der Waals surface area contributed by atoms with E-state index in [1.165, 1.54) is 4.90 Å². The van der Waals surface area contributed by atoms with Gasteiger partial charge in [-0.05, 0) is 33.3 Å². The number of piperidine rings is 1. The van der Waals surface area contributed by atoms with Crippen LogP contribution in [0.15, 0.2) is 30.3 Å². The van der Waals surface area contributed by atoms with Gasteiger partial charge in [0.1, 0.15) is 18.4 Å². The Hall–Kier alpha value is -2.31. The number of alkyl halides is 1. The monoisotopic (exact) mass is 366 g/mol. The summed E-state index contributed by atoms with van der Waals surface area (Å²) in [6.07, 6.45) is -2.35. The molecular formula is C19H27FN2O4. The number of hydrogen-bond donors (Lipinski definition) is 1. The van der Waals surface area contributed by atoms with Crippen molar-refractivity contribution in [2.45, 2.75) is 64.6 Å². The van der Waals surface area contributed by atoms with Gasteiger partial charge in [-0.15, -0.1) is 0 Å². The van der Waals surface area contributed by atoms with E-state index in [1.54, 1.807) is 27.7 Å². The molecule has 1 saturated heterocycles. The first-order valence-corrected chi connectivity index (χ1v) is 8.76. The van der Waals surface area contributed by atoms with Crippen LogP contribution in [0.25, 0.3) is 0 Å². The van der Waals surface area contributed by atoms with E-state index in [1.807, 2.05) is 30.3 Å². The molecule has 1 N–H and O–H groups in total. The van der Waals surface area contributed by atoms with Crippen LogP contribution in [0.5, 0.6) is 0 Å². The maximum atomic E-state index is 14.3. The molecular weight excluding hydrogens is 339 g/mol. The van der Waals surface area contributed by atoms with Crippen molar-refractivity contribution in [3.05, 3.63) is 35.9 Å². The molecule has 7 heteroatoms. The summed E-state index contributed by atoms with van der Waals surface area (Å²) in [7, 11) is 0. The molecule has 0 aromatic heterocycles. The van der Waals surface area contributed by atoms with Gasteiger partial charge in [0.05, 0.1) is 12.1 Å². The number of rotatable bonds is 3. The summed E-state index contributed by atoms with van der Waals surface area (Å²) in [4.78, 5) is 25.6. The number of benzene rings is 1. The molecule has 0 spiro atoms. The summed E-state index contributed by atoms with van der Waals surface area (Å²) >= 11 is 0. The number of ether oxygens (including phenoxy) is 2. The molecule has 144 valence electrons. The fourth-order valence-corrected chi connectivity index (χ4v) is 2.76. The second-order valence-electron chi connectivity index (χ2n) is 7.53. The Morgan fingerprint density at radius 1 is 1.27 bits per heavy atom. The normalized spacial score (nSPS) is 23.3. The lowest BCUT2D eigenvalue weighted by molar-refractivity contribution is 0.0219. The van der Waals surface area contributed by atoms with Gasteiger partial charge >= 0.3 is 12.2 Å². The van der Waals surface area contributed by atoms with Gasteiger partial charge < -0.3 is 19.7 Å². The highest BCUT2D eigenvalue weighted by molar-refractivity contribution is 5.70. The molecule has 0 radical (unpaired) electrons. The van der Waals surface area contributed by atoms with E-state index in [4.69, 9.17) is 9.47 Å². The Morgan fingerprint density at radius 2 is 1.92 bits per heavy atom. The molecule has 0 bridgehead atoms. The number of amides is 2. The first-order chi connectivity index (χ1) is 12.2. The van der Waals surface area contributed by atoms with E-state index < -0.39 is 36.0 Å². The third kappa shape index (κ3) is 5.89. The van der Waals surface area contributed by atoms with Gasteiger partial charge in [0.2, 0.25) is 0 Å². The maximum Gasteiger partial charge on any atom is 0.410 e. The van der Waals surface area contributed by atoms with Crippen LogP contribution in [-0.4, -0.2) is 47.5 Å². The molecule has 2 rings (SSSR count). The highest BCUT2D eigenvalue weighted by Crippen LogP contribution is 2.22. The van der Waals surface area contributed by atoms with Crippen molar-refractivity contribution in [1.29, 1.82) is 0 Å². The standard InChI is InChI=1S/C19H27FN2O4/c1-13-16(20)10-15(21-17(23)26-19(2,3)4)11-22(13)18(24)25-12-14-8-6-5-7-9-14/h5-9,13,15-16H,10-12H2,1-4H3,(H,21,23)/t13-,15+,16+/m0/s1. The van der Waals surface area contributed by atoms with Gasteiger partial charge in [0.15, 0.2) is 0 Å². The van der Waals surface area contributed by atoms with Crippen molar-refractivity contribution >= 4 is 12.2 Å². The van der Waals surface area contributed by atoms with Crippen LogP contribution in [0.3, 0.4) is 0 Å². The van der Waals surface area contributed by atoms with E-state index in [0.717, 1.165) is 5.56 Å². The lowest BCUT2D eigenvalue weighted by atomic mass is 9.98. The summed E-state index contributed by atoms with van der Waals surface area (Å²) in [5.41, 5.74) is 0.209. The van der Waals surface area contributed by atoms with E-state index in [2.05, 4.69) is 5.32 Å². The van der Waals surface area contributed by atoms with E-state index in [-0.39, 0.29) is 19.6 Å². The van der Waals surface area contributed by atoms with Gasteiger partial charge in [-0.25, -0.2) is 14.0 Å². The van der Waals surface area contributed by atoms with Crippen molar-refractivity contribution < 1.29 is 23.5 Å². The molecule has 1 aliphatic heterocycles. The molecule has 1 aromatic rings. The lowest BCUT2D eigenvalue weighted by Gasteiger charge is -2.39. The van der Waals surface area contributed by atoms with Crippen LogP contribution in [-0.2, 0) is 16.1 Å². The van der Waals surface area contributed by atoms with Crippen molar-refractivity contribution in [3.8, 4) is 0 Å². The van der Waals surface area contributed by atoms with Crippen molar-refractivity contribution in [2.24, 2.45) is 0 Å². The summed E-state index contributed by atoms with van der Waals surface area (Å²) in [6, 6.07) is 8.12. The number of nitrogens with one attached hydrogen (secondary N) is 1. The second-order valence-corrected chi connectivity index (χ2v) is 7.53. The summed E-state index contributed by atoms with van der Waals surface area (Å²) in [6.45, 7) is 7.18. The fourth-order valence-electron chi connectivity index (χ4n) is 2.76. The smallest absolute Gasteiger partial charge is 0.410 e. The predicted molar refractivity (Wildman–Crippen MR) is 95.5 cm³/mol. The Bertz CT molecular complexity index is 618. The fraction of sp³-hybridized carbons (Fsp3) is 0.579. The number of carbonyl (C=O) groups excluding carboxylic acids is 2. The molecule has 2 amide bonds. The zero-order chi connectivity index (χ0) is 19.3. The third-order valence-electron chi connectivity index (χ3n) is 4.10. The number of nitrogens with zero attached hydrogens (tertiary/aromatic N) is 1. The van der Waals surface area contributed by atoms with Crippen LogP contribution < -0.4 is 5.32 Å². The Balaban J connectivity index is 1.93. The van der Waals surface area contributed by atoms with Crippen LogP contribution in [0.2, 0.25) is 0 Å². The highest BCUT2D eigenvalue weighted by atomic mass is 19.1. The second kappa shape index (κ2) is 8.38. The van der Waals surface area contributed by atoms with E-state index in [0.29, 0.717) is 0 Å². The van der Waals surface area contributed by atoms with Crippen molar-refractivity contribution in [3.63, 3.8) is 0 Å². The molecule has 3 atom stereocenters. The average molecular weight is 366 g/mol. The molecule has 1 heterocycles.